The highest BCUT2D eigenvalue weighted by atomic mass is 32.2. The van der Waals surface area contributed by atoms with Crippen LogP contribution in [0.2, 0.25) is 0 Å². The van der Waals surface area contributed by atoms with Crippen LogP contribution in [0.3, 0.4) is 0 Å². The highest BCUT2D eigenvalue weighted by molar-refractivity contribution is 8.01. The van der Waals surface area contributed by atoms with Crippen molar-refractivity contribution in [3.05, 3.63) is 47.2 Å². The molecule has 14 nitrogen and oxygen atoms in total. The molecule has 3 heterocycles. The molecule has 1 fully saturated rings. The topological polar surface area (TPSA) is 208 Å². The predicted molar refractivity (Wildman–Crippen MR) is 145 cm³/mol. The first kappa shape index (κ1) is 30.2. The molecule has 0 radical (unpaired) electrons. The van der Waals surface area contributed by atoms with Crippen LogP contribution in [-0.2, 0) is 23.5 Å². The van der Waals surface area contributed by atoms with Crippen LogP contribution < -0.4 is 5.32 Å². The Morgan fingerprint density at radius 1 is 1.32 bits per heavy atom. The Balaban J connectivity index is 1.49. The average Bonchev–Trinajstić information content (AvgIpc) is 3.45. The van der Waals surface area contributed by atoms with Gasteiger partial charge in [0.05, 0.1) is 6.61 Å². The highest BCUT2D eigenvalue weighted by Gasteiger charge is 2.55. The number of aromatic amines is 1. The second-order valence-corrected chi connectivity index (χ2v) is 13.2. The van der Waals surface area contributed by atoms with Gasteiger partial charge in [0.1, 0.15) is 17.1 Å². The van der Waals surface area contributed by atoms with E-state index in [1.165, 1.54) is 23.5 Å². The minimum Gasteiger partial charge on any atom is -0.477 e. The maximum absolute atomic E-state index is 13.1. The molecule has 3 unspecified atom stereocenters. The Morgan fingerprint density at radius 3 is 2.73 bits per heavy atom. The van der Waals surface area contributed by atoms with E-state index in [0.29, 0.717) is 30.4 Å². The van der Waals surface area contributed by atoms with Crippen LogP contribution in [-0.4, -0.2) is 93.6 Å². The van der Waals surface area contributed by atoms with Gasteiger partial charge in [0.25, 0.3) is 11.8 Å². The number of tetrazole rings is 1. The van der Waals surface area contributed by atoms with E-state index in [-0.39, 0.29) is 29.4 Å². The lowest BCUT2D eigenvalue weighted by atomic mass is 9.99. The molecule has 1 aromatic heterocycles. The summed E-state index contributed by atoms with van der Waals surface area (Å²) in [5.41, 5.74) is 0.669. The standard InChI is InChI=1S/C23H29N6O8PS2/c1-2-37-38(35,36)11-7-6-10-15(40-23-25-27-28-26-23)14-12-39-21-16(20(32)29(21)17(14)22(33)34)24-19(31)18(30)13-8-4-3-5-9-13/h3-5,8-9,15-16,18,21,30H,2,6-7,10-12H2,1H3,(H,24,31)(H,33,34)(H,35,36)(H,25,26,27,28)/t15?,16-,18?,21+/m1/s1. The number of aromatic nitrogens is 4. The molecule has 2 aliphatic rings. The maximum atomic E-state index is 13.1. The van der Waals surface area contributed by atoms with Crippen LogP contribution in [0.4, 0.5) is 0 Å². The molecule has 5 atom stereocenters. The van der Waals surface area contributed by atoms with Crippen molar-refractivity contribution in [1.29, 1.82) is 0 Å². The first-order chi connectivity index (χ1) is 19.1. The monoisotopic (exact) mass is 612 g/mol. The number of aliphatic hydroxyl groups excluding tert-OH is 1. The van der Waals surface area contributed by atoms with Gasteiger partial charge in [-0.2, -0.15) is 5.21 Å². The van der Waals surface area contributed by atoms with Crippen molar-refractivity contribution in [1.82, 2.24) is 30.8 Å². The van der Waals surface area contributed by atoms with E-state index in [4.69, 9.17) is 4.52 Å². The highest BCUT2D eigenvalue weighted by Crippen LogP contribution is 2.46. The van der Waals surface area contributed by atoms with Gasteiger partial charge in [0.15, 0.2) is 6.10 Å². The zero-order valence-corrected chi connectivity index (χ0v) is 23.9. The number of benzene rings is 1. The number of β-lactam (4-membered cyclic amide) rings is 1. The number of carbonyl (C=O) groups excluding carboxylic acids is 2. The van der Waals surface area contributed by atoms with Crippen molar-refractivity contribution in [3.8, 4) is 0 Å². The number of nitrogens with zero attached hydrogens (tertiary/aromatic N) is 4. The van der Waals surface area contributed by atoms with Crippen molar-refractivity contribution in [2.45, 2.75) is 54.1 Å². The smallest absolute Gasteiger partial charge is 0.352 e. The van der Waals surface area contributed by atoms with E-state index in [9.17, 15) is 34.1 Å². The van der Waals surface area contributed by atoms with Crippen molar-refractivity contribution in [2.24, 2.45) is 0 Å². The molecule has 0 saturated carbocycles. The normalized spacial score (nSPS) is 21.7. The van der Waals surface area contributed by atoms with E-state index in [1.807, 2.05) is 0 Å². The molecule has 216 valence electrons. The molecule has 0 bridgehead atoms. The lowest BCUT2D eigenvalue weighted by molar-refractivity contribution is -0.151. The largest absolute Gasteiger partial charge is 0.477 e. The SMILES string of the molecule is CCOP(=O)(O)CCCCC(Sc1nn[nH]n1)C1=C(C(=O)O)N2C(=O)[C@@H](NC(=O)C(O)c3ccccc3)[C@@H]2SC1. The van der Waals surface area contributed by atoms with Crippen molar-refractivity contribution < 1.29 is 38.6 Å². The summed E-state index contributed by atoms with van der Waals surface area (Å²) in [6.45, 7) is 1.75. The minimum absolute atomic E-state index is 0.0388. The zero-order chi connectivity index (χ0) is 28.9. The van der Waals surface area contributed by atoms with Gasteiger partial charge < -0.3 is 24.9 Å². The number of aliphatic hydroxyl groups is 1. The number of carboxylic acids is 1. The molecule has 0 spiro atoms. The maximum Gasteiger partial charge on any atom is 0.352 e. The number of amides is 2. The van der Waals surface area contributed by atoms with Gasteiger partial charge in [-0.05, 0) is 36.1 Å². The zero-order valence-electron chi connectivity index (χ0n) is 21.4. The molecule has 0 aliphatic carbocycles. The fourth-order valence-electron chi connectivity index (χ4n) is 4.45. The second-order valence-electron chi connectivity index (χ2n) is 8.96. The number of thioether (sulfide) groups is 2. The summed E-state index contributed by atoms with van der Waals surface area (Å²) in [5.74, 6) is -2.40. The summed E-state index contributed by atoms with van der Waals surface area (Å²) in [4.78, 5) is 49.2. The summed E-state index contributed by atoms with van der Waals surface area (Å²) >= 11 is 2.48. The molecular weight excluding hydrogens is 583 g/mol. The third-order valence-electron chi connectivity index (χ3n) is 6.31. The fourth-order valence-corrected chi connectivity index (χ4v) is 8.19. The van der Waals surface area contributed by atoms with Crippen LogP contribution >= 0.6 is 31.1 Å². The van der Waals surface area contributed by atoms with Gasteiger partial charge >= 0.3 is 13.6 Å². The summed E-state index contributed by atoms with van der Waals surface area (Å²) in [6, 6.07) is 7.28. The molecule has 5 N–H and O–H groups in total. The predicted octanol–water partition coefficient (Wildman–Crippen LogP) is 1.52. The van der Waals surface area contributed by atoms with Gasteiger partial charge in [-0.25, -0.2) is 4.79 Å². The summed E-state index contributed by atoms with van der Waals surface area (Å²) in [6.07, 6.45) is -0.267. The molecule has 40 heavy (non-hydrogen) atoms. The first-order valence-electron chi connectivity index (χ1n) is 12.4. The average molecular weight is 613 g/mol. The Kier molecular flexibility index (Phi) is 10.0. The number of hydrogen-bond donors (Lipinski definition) is 5. The molecule has 4 rings (SSSR count). The molecule has 17 heteroatoms. The third kappa shape index (κ3) is 6.93. The van der Waals surface area contributed by atoms with E-state index in [0.717, 1.165) is 4.90 Å². The minimum atomic E-state index is -3.69. The Hall–Kier alpha value is -2.75. The van der Waals surface area contributed by atoms with Gasteiger partial charge in [0.2, 0.25) is 5.16 Å². The fraction of sp³-hybridized carbons (Fsp3) is 0.478. The summed E-state index contributed by atoms with van der Waals surface area (Å²) in [7, 11) is -3.69. The number of fused-ring (bicyclic) bond motifs is 1. The number of H-pyrrole nitrogens is 1. The molecular formula is C23H29N6O8PS2. The number of carbonyl (C=O) groups is 3. The second kappa shape index (κ2) is 13.3. The van der Waals surface area contributed by atoms with Gasteiger partial charge in [-0.15, -0.1) is 22.0 Å². The van der Waals surface area contributed by atoms with Crippen molar-refractivity contribution in [3.63, 3.8) is 0 Å². The molecule has 1 aromatic carbocycles. The number of hydrogen-bond acceptors (Lipinski definition) is 11. The van der Waals surface area contributed by atoms with Gasteiger partial charge in [-0.1, -0.05) is 48.5 Å². The number of unbranched alkanes of at least 4 members (excludes halogenated alkanes) is 1. The Labute approximate surface area is 237 Å². The number of nitrogens with one attached hydrogen (secondary N) is 2. The molecule has 2 aliphatic heterocycles. The summed E-state index contributed by atoms with van der Waals surface area (Å²) in [5, 5.41) is 36.0. The van der Waals surface area contributed by atoms with Crippen LogP contribution in [0.25, 0.3) is 0 Å². The first-order valence-corrected chi connectivity index (χ1v) is 16.1. The quantitative estimate of drug-likeness (QED) is 0.0889. The molecule has 2 amide bonds. The van der Waals surface area contributed by atoms with E-state index in [2.05, 4.69) is 25.9 Å². The van der Waals surface area contributed by atoms with E-state index < -0.39 is 48.1 Å². The van der Waals surface area contributed by atoms with E-state index >= 15 is 0 Å². The van der Waals surface area contributed by atoms with E-state index in [1.54, 1.807) is 37.3 Å². The molecule has 1 saturated heterocycles. The van der Waals surface area contributed by atoms with Crippen LogP contribution in [0.1, 0.15) is 37.9 Å². The Morgan fingerprint density at radius 2 is 2.08 bits per heavy atom. The summed E-state index contributed by atoms with van der Waals surface area (Å²) < 4.78 is 16.9. The van der Waals surface area contributed by atoms with Crippen LogP contribution in [0.5, 0.6) is 0 Å². The third-order valence-corrected chi connectivity index (χ3v) is 10.3. The van der Waals surface area contributed by atoms with Crippen LogP contribution in [0.15, 0.2) is 46.8 Å². The van der Waals surface area contributed by atoms with Gasteiger partial charge in [-0.3, -0.25) is 19.1 Å². The number of carboxylic acid groups (broad SMARTS) is 1. The van der Waals surface area contributed by atoms with Crippen molar-refractivity contribution in [2.75, 3.05) is 18.5 Å². The molecule has 2 aromatic rings. The number of aliphatic carboxylic acids is 1. The van der Waals surface area contributed by atoms with Crippen molar-refractivity contribution >= 4 is 48.9 Å². The van der Waals surface area contributed by atoms with Crippen LogP contribution in [0, 0.1) is 0 Å². The lowest BCUT2D eigenvalue weighted by Gasteiger charge is -2.50. The van der Waals surface area contributed by atoms with Gasteiger partial charge in [0, 0.05) is 17.2 Å². The number of rotatable bonds is 14. The lowest BCUT2D eigenvalue weighted by Crippen LogP contribution is -2.71. The Bertz CT molecular complexity index is 1300.